The van der Waals surface area contributed by atoms with Crippen LogP contribution in [0.4, 0.5) is 8.78 Å². The number of aromatic nitrogens is 2. The maximum Gasteiger partial charge on any atom is 0.250 e. The van der Waals surface area contributed by atoms with Gasteiger partial charge in [0.1, 0.15) is 11.6 Å². The summed E-state index contributed by atoms with van der Waals surface area (Å²) in [6.07, 6.45) is 5.68. The number of likely N-dealkylation sites (tertiary alicyclic amines) is 1. The van der Waals surface area contributed by atoms with Gasteiger partial charge < -0.3 is 5.73 Å². The van der Waals surface area contributed by atoms with Crippen molar-refractivity contribution >= 4 is 10.0 Å². The van der Waals surface area contributed by atoms with Gasteiger partial charge in [0.05, 0.1) is 18.0 Å². The fourth-order valence-corrected chi connectivity index (χ4v) is 5.57. The number of piperidine rings is 1. The Bertz CT molecular complexity index is 1080. The van der Waals surface area contributed by atoms with E-state index in [4.69, 9.17) is 5.73 Å². The molecular formula is C21H27F2N5O2S. The topological polar surface area (TPSA) is 84.5 Å². The zero-order valence-electron chi connectivity index (χ0n) is 17.4. The molecule has 3 unspecified atom stereocenters. The Morgan fingerprint density at radius 3 is 2.68 bits per heavy atom. The van der Waals surface area contributed by atoms with Crippen LogP contribution < -0.4 is 5.73 Å². The molecule has 3 atom stereocenters. The van der Waals surface area contributed by atoms with Crippen LogP contribution in [0.1, 0.15) is 42.1 Å². The average Bonchev–Trinajstić information content (AvgIpc) is 3.25. The molecule has 3 aliphatic rings. The van der Waals surface area contributed by atoms with E-state index in [0.717, 1.165) is 47.1 Å². The number of nitrogens with two attached hydrogens (primary N) is 1. The fraction of sp³-hybridized carbons (Fsp3) is 0.571. The summed E-state index contributed by atoms with van der Waals surface area (Å²) >= 11 is 0. The first kappa shape index (κ1) is 21.0. The van der Waals surface area contributed by atoms with Crippen LogP contribution >= 0.6 is 0 Å². The normalized spacial score (nSPS) is 27.5. The minimum atomic E-state index is -3.40. The second kappa shape index (κ2) is 7.61. The number of benzene rings is 1. The van der Waals surface area contributed by atoms with Gasteiger partial charge in [-0.25, -0.2) is 17.2 Å². The summed E-state index contributed by atoms with van der Waals surface area (Å²) in [7, 11) is -3.40. The van der Waals surface area contributed by atoms with Crippen molar-refractivity contribution in [3.8, 4) is 0 Å². The molecule has 2 fully saturated rings. The molecule has 2 aliphatic heterocycles. The van der Waals surface area contributed by atoms with Gasteiger partial charge in [0, 0.05) is 55.6 Å². The van der Waals surface area contributed by atoms with Gasteiger partial charge in [-0.15, -0.1) is 0 Å². The van der Waals surface area contributed by atoms with E-state index in [-0.39, 0.29) is 18.1 Å². The molecule has 1 saturated carbocycles. The van der Waals surface area contributed by atoms with Gasteiger partial charge >= 0.3 is 0 Å². The predicted molar refractivity (Wildman–Crippen MR) is 111 cm³/mol. The highest BCUT2D eigenvalue weighted by Crippen LogP contribution is 2.39. The summed E-state index contributed by atoms with van der Waals surface area (Å²) in [5, 5.41) is 4.24. The minimum Gasteiger partial charge on any atom is -0.326 e. The van der Waals surface area contributed by atoms with Crippen LogP contribution in [0.25, 0.3) is 0 Å². The lowest BCUT2D eigenvalue weighted by Gasteiger charge is -2.46. The maximum atomic E-state index is 14.6. The summed E-state index contributed by atoms with van der Waals surface area (Å²) in [6.45, 7) is 2.70. The maximum absolute atomic E-state index is 14.6. The molecule has 1 saturated heterocycles. The van der Waals surface area contributed by atoms with Crippen LogP contribution in [-0.4, -0.2) is 58.8 Å². The zero-order valence-corrected chi connectivity index (χ0v) is 18.2. The average molecular weight is 452 g/mol. The SMILES string of the molecule is CS(=O)(=O)n1cc2c(n1)CN(C1CC(N)C(c3cc(F)ccc3F)N(CC3CC3)C1)C2. The number of fused-ring (bicyclic) bond motifs is 1. The van der Waals surface area contributed by atoms with Crippen molar-refractivity contribution in [1.82, 2.24) is 19.0 Å². The molecule has 0 bridgehead atoms. The molecule has 7 nitrogen and oxygen atoms in total. The van der Waals surface area contributed by atoms with E-state index in [1.165, 1.54) is 12.1 Å². The van der Waals surface area contributed by atoms with Crippen molar-refractivity contribution in [2.75, 3.05) is 19.3 Å². The zero-order chi connectivity index (χ0) is 21.9. The standard InChI is InChI=1S/C21H27F2N5O2S/c1-31(29,30)28-10-14-9-26(12-20(14)25-28)16-7-19(24)21(27(11-16)8-13-2-3-13)17-6-15(22)4-5-18(17)23/h4-6,10,13,16,19,21H,2-3,7-9,11-12,24H2,1H3. The second-order valence-electron chi connectivity index (χ2n) is 9.20. The molecule has 168 valence electrons. The third-order valence-corrected chi connectivity index (χ3v) is 7.56. The van der Waals surface area contributed by atoms with E-state index in [1.807, 2.05) is 0 Å². The molecule has 1 aromatic carbocycles. The summed E-state index contributed by atoms with van der Waals surface area (Å²) in [6, 6.07) is 3.04. The quantitative estimate of drug-likeness (QED) is 0.747. The highest BCUT2D eigenvalue weighted by Gasteiger charge is 2.42. The Morgan fingerprint density at radius 2 is 2.00 bits per heavy atom. The predicted octanol–water partition coefficient (Wildman–Crippen LogP) is 1.84. The second-order valence-corrected chi connectivity index (χ2v) is 11.0. The monoisotopic (exact) mass is 451 g/mol. The number of halogens is 2. The molecule has 0 radical (unpaired) electrons. The van der Waals surface area contributed by atoms with E-state index < -0.39 is 21.7 Å². The largest absolute Gasteiger partial charge is 0.326 e. The van der Waals surface area contributed by atoms with Gasteiger partial charge in [0.15, 0.2) is 0 Å². The minimum absolute atomic E-state index is 0.141. The van der Waals surface area contributed by atoms with Gasteiger partial charge in [-0.1, -0.05) is 0 Å². The summed E-state index contributed by atoms with van der Waals surface area (Å²) in [5.41, 5.74) is 8.59. The number of rotatable bonds is 5. The summed E-state index contributed by atoms with van der Waals surface area (Å²) in [5.74, 6) is -0.291. The first-order valence-corrected chi connectivity index (χ1v) is 12.5. The van der Waals surface area contributed by atoms with Crippen LogP contribution in [0.3, 0.4) is 0 Å². The summed E-state index contributed by atoms with van der Waals surface area (Å²) in [4.78, 5) is 4.49. The molecule has 2 N–H and O–H groups in total. The van der Waals surface area contributed by atoms with Gasteiger partial charge in [-0.3, -0.25) is 9.80 Å². The number of hydrogen-bond donors (Lipinski definition) is 1. The van der Waals surface area contributed by atoms with Gasteiger partial charge in [0.25, 0.3) is 10.0 Å². The van der Waals surface area contributed by atoms with Crippen molar-refractivity contribution in [2.24, 2.45) is 11.7 Å². The van der Waals surface area contributed by atoms with Crippen LogP contribution in [-0.2, 0) is 23.1 Å². The third kappa shape index (κ3) is 4.13. The van der Waals surface area contributed by atoms with Crippen molar-refractivity contribution in [3.63, 3.8) is 0 Å². The fourth-order valence-electron chi connectivity index (χ4n) is 5.01. The molecule has 5 rings (SSSR count). The molecule has 0 spiro atoms. The Kier molecular flexibility index (Phi) is 5.16. The van der Waals surface area contributed by atoms with E-state index >= 15 is 0 Å². The van der Waals surface area contributed by atoms with Crippen LogP contribution in [0.2, 0.25) is 0 Å². The molecule has 31 heavy (non-hydrogen) atoms. The van der Waals surface area contributed by atoms with Crippen molar-refractivity contribution in [1.29, 1.82) is 0 Å². The van der Waals surface area contributed by atoms with E-state index in [9.17, 15) is 17.2 Å². The van der Waals surface area contributed by atoms with Gasteiger partial charge in [-0.2, -0.15) is 9.19 Å². The van der Waals surface area contributed by atoms with Crippen molar-refractivity contribution in [2.45, 2.75) is 50.5 Å². The Hall–Kier alpha value is -1.88. The van der Waals surface area contributed by atoms with E-state index in [2.05, 4.69) is 14.9 Å². The lowest BCUT2D eigenvalue weighted by atomic mass is 9.87. The lowest BCUT2D eigenvalue weighted by Crippen LogP contribution is -2.56. The van der Waals surface area contributed by atoms with E-state index in [0.29, 0.717) is 37.5 Å². The van der Waals surface area contributed by atoms with Gasteiger partial charge in [-0.05, 0) is 43.4 Å². The Morgan fingerprint density at radius 1 is 1.23 bits per heavy atom. The highest BCUT2D eigenvalue weighted by molar-refractivity contribution is 7.89. The molecule has 2 aromatic rings. The van der Waals surface area contributed by atoms with Crippen molar-refractivity contribution < 1.29 is 17.2 Å². The van der Waals surface area contributed by atoms with Crippen molar-refractivity contribution in [3.05, 3.63) is 52.9 Å². The molecule has 10 heteroatoms. The van der Waals surface area contributed by atoms with Gasteiger partial charge in [0.2, 0.25) is 0 Å². The molecular weight excluding hydrogens is 424 g/mol. The number of hydrogen-bond acceptors (Lipinski definition) is 6. The van der Waals surface area contributed by atoms with E-state index in [1.54, 1.807) is 6.20 Å². The molecule has 3 heterocycles. The third-order valence-electron chi connectivity index (χ3n) is 6.69. The summed E-state index contributed by atoms with van der Waals surface area (Å²) < 4.78 is 53.0. The highest BCUT2D eigenvalue weighted by atomic mass is 32.2. The molecule has 1 aromatic heterocycles. The number of nitrogens with zero attached hydrogens (tertiary/aromatic N) is 4. The Balaban J connectivity index is 1.37. The first-order valence-electron chi connectivity index (χ1n) is 10.7. The first-order chi connectivity index (χ1) is 14.7. The molecule has 0 amide bonds. The molecule has 1 aliphatic carbocycles. The lowest BCUT2D eigenvalue weighted by molar-refractivity contribution is 0.0384. The van der Waals surface area contributed by atoms with Crippen LogP contribution in [0.5, 0.6) is 0 Å². The van der Waals surface area contributed by atoms with Crippen LogP contribution in [0.15, 0.2) is 24.4 Å². The Labute approximate surface area is 180 Å². The smallest absolute Gasteiger partial charge is 0.250 e. The van der Waals surface area contributed by atoms with Crippen LogP contribution in [0, 0.1) is 17.6 Å².